The van der Waals surface area contributed by atoms with Gasteiger partial charge in [0.2, 0.25) is 5.91 Å². The second kappa shape index (κ2) is 6.19. The Balaban J connectivity index is 2.28. The highest BCUT2D eigenvalue weighted by atomic mass is 32.2. The first-order valence-corrected chi connectivity index (χ1v) is 8.11. The van der Waals surface area contributed by atoms with E-state index in [0.29, 0.717) is 5.56 Å². The van der Waals surface area contributed by atoms with Crippen molar-refractivity contribution in [3.05, 3.63) is 59.7 Å². The van der Waals surface area contributed by atoms with Crippen molar-refractivity contribution in [2.45, 2.75) is 24.7 Å². The maximum atomic E-state index is 12.2. The van der Waals surface area contributed by atoms with E-state index in [1.807, 2.05) is 6.92 Å². The molecule has 0 fully saturated rings. The topological polar surface area (TPSA) is 86.5 Å². The summed E-state index contributed by atoms with van der Waals surface area (Å²) in [6, 6.07) is 12.7. The maximum Gasteiger partial charge on any atom is 0.339 e. The van der Waals surface area contributed by atoms with Crippen molar-refractivity contribution < 1.29 is 17.4 Å². The van der Waals surface area contributed by atoms with E-state index >= 15 is 0 Å². The number of primary amides is 1. The first kappa shape index (κ1) is 16.0. The van der Waals surface area contributed by atoms with E-state index in [0.717, 1.165) is 5.56 Å². The molecule has 0 aliphatic carbocycles. The van der Waals surface area contributed by atoms with Gasteiger partial charge in [0.25, 0.3) is 0 Å². The molecule has 0 aliphatic heterocycles. The fourth-order valence-electron chi connectivity index (χ4n) is 1.88. The Kier molecular flexibility index (Phi) is 4.51. The minimum Gasteiger partial charge on any atom is -0.379 e. The predicted molar refractivity (Wildman–Crippen MR) is 83.0 cm³/mol. The number of carbonyl (C=O) groups is 1. The molecule has 0 heterocycles. The van der Waals surface area contributed by atoms with Crippen molar-refractivity contribution in [1.82, 2.24) is 0 Å². The monoisotopic (exact) mass is 319 g/mol. The van der Waals surface area contributed by atoms with Gasteiger partial charge in [-0.15, -0.1) is 0 Å². The van der Waals surface area contributed by atoms with Crippen LogP contribution in [0.3, 0.4) is 0 Å². The molecule has 0 bridgehead atoms. The van der Waals surface area contributed by atoms with Gasteiger partial charge in [0.05, 0.1) is 5.92 Å². The molecule has 0 radical (unpaired) electrons. The summed E-state index contributed by atoms with van der Waals surface area (Å²) < 4.78 is 29.5. The van der Waals surface area contributed by atoms with Crippen LogP contribution in [0.4, 0.5) is 0 Å². The number of hydrogen-bond donors (Lipinski definition) is 1. The third-order valence-corrected chi connectivity index (χ3v) is 4.56. The van der Waals surface area contributed by atoms with Crippen molar-refractivity contribution in [3.8, 4) is 5.75 Å². The molecule has 0 saturated carbocycles. The highest BCUT2D eigenvalue weighted by molar-refractivity contribution is 7.87. The number of amides is 1. The number of rotatable bonds is 5. The summed E-state index contributed by atoms with van der Waals surface area (Å²) in [4.78, 5) is 11.3. The Morgan fingerprint density at radius 1 is 1.14 bits per heavy atom. The van der Waals surface area contributed by atoms with Gasteiger partial charge >= 0.3 is 10.1 Å². The Hall–Kier alpha value is -2.34. The van der Waals surface area contributed by atoms with E-state index in [1.165, 1.54) is 24.3 Å². The fourth-order valence-corrected chi connectivity index (χ4v) is 2.80. The van der Waals surface area contributed by atoms with Crippen molar-refractivity contribution in [1.29, 1.82) is 0 Å². The Bertz CT molecular complexity index is 782. The van der Waals surface area contributed by atoms with Crippen molar-refractivity contribution >= 4 is 16.0 Å². The van der Waals surface area contributed by atoms with E-state index in [1.54, 1.807) is 31.2 Å². The fraction of sp³-hybridized carbons (Fsp3) is 0.188. The van der Waals surface area contributed by atoms with Gasteiger partial charge in [-0.2, -0.15) is 8.42 Å². The molecular formula is C16H17NO4S. The average molecular weight is 319 g/mol. The van der Waals surface area contributed by atoms with Gasteiger partial charge in [0, 0.05) is 0 Å². The zero-order chi connectivity index (χ0) is 16.3. The van der Waals surface area contributed by atoms with Crippen LogP contribution < -0.4 is 9.92 Å². The molecule has 2 rings (SSSR count). The first-order valence-electron chi connectivity index (χ1n) is 6.70. The molecule has 5 nitrogen and oxygen atoms in total. The maximum absolute atomic E-state index is 12.2. The lowest BCUT2D eigenvalue weighted by Crippen LogP contribution is -2.18. The summed E-state index contributed by atoms with van der Waals surface area (Å²) in [6.07, 6.45) is 0. The second-order valence-electron chi connectivity index (χ2n) is 5.05. The zero-order valence-electron chi connectivity index (χ0n) is 12.3. The first-order chi connectivity index (χ1) is 10.3. The molecule has 1 amide bonds. The third kappa shape index (κ3) is 3.65. The molecule has 2 N–H and O–H groups in total. The van der Waals surface area contributed by atoms with Crippen LogP contribution in [-0.2, 0) is 14.9 Å². The van der Waals surface area contributed by atoms with Gasteiger partial charge in [-0.3, -0.25) is 4.79 Å². The van der Waals surface area contributed by atoms with Gasteiger partial charge in [-0.05, 0) is 43.7 Å². The summed E-state index contributed by atoms with van der Waals surface area (Å²) in [6.45, 7) is 3.52. The van der Waals surface area contributed by atoms with Gasteiger partial charge < -0.3 is 9.92 Å². The zero-order valence-corrected chi connectivity index (χ0v) is 13.1. The molecule has 2 aromatic rings. The quantitative estimate of drug-likeness (QED) is 0.857. The third-order valence-electron chi connectivity index (χ3n) is 3.30. The highest BCUT2D eigenvalue weighted by Gasteiger charge is 2.18. The van der Waals surface area contributed by atoms with Gasteiger partial charge in [0.1, 0.15) is 10.6 Å². The Labute approximate surface area is 129 Å². The minimum atomic E-state index is -3.91. The van der Waals surface area contributed by atoms with Gasteiger partial charge in [0.15, 0.2) is 0 Å². The van der Waals surface area contributed by atoms with Crippen LogP contribution in [0.2, 0.25) is 0 Å². The number of carbonyl (C=O) groups excluding carboxylic acids is 1. The largest absolute Gasteiger partial charge is 0.379 e. The van der Waals surface area contributed by atoms with E-state index in [9.17, 15) is 13.2 Å². The van der Waals surface area contributed by atoms with E-state index < -0.39 is 21.9 Å². The molecule has 2 aromatic carbocycles. The van der Waals surface area contributed by atoms with Crippen molar-refractivity contribution in [2.24, 2.45) is 5.73 Å². The number of benzene rings is 2. The average Bonchev–Trinajstić information content (AvgIpc) is 2.46. The van der Waals surface area contributed by atoms with Crippen LogP contribution in [0.25, 0.3) is 0 Å². The summed E-state index contributed by atoms with van der Waals surface area (Å²) >= 11 is 0. The lowest BCUT2D eigenvalue weighted by Gasteiger charge is -2.11. The van der Waals surface area contributed by atoms with Gasteiger partial charge in [-0.1, -0.05) is 29.8 Å². The van der Waals surface area contributed by atoms with Crippen LogP contribution in [0.1, 0.15) is 24.0 Å². The smallest absolute Gasteiger partial charge is 0.339 e. The van der Waals surface area contributed by atoms with Crippen LogP contribution in [0, 0.1) is 6.92 Å². The Morgan fingerprint density at radius 3 is 2.36 bits per heavy atom. The van der Waals surface area contributed by atoms with E-state index in [-0.39, 0.29) is 10.6 Å². The molecule has 0 aliphatic rings. The molecule has 22 heavy (non-hydrogen) atoms. The second-order valence-corrected chi connectivity index (χ2v) is 6.59. The lowest BCUT2D eigenvalue weighted by atomic mass is 10.0. The lowest BCUT2D eigenvalue weighted by molar-refractivity contribution is -0.119. The number of hydrogen-bond acceptors (Lipinski definition) is 4. The summed E-state index contributed by atoms with van der Waals surface area (Å²) in [7, 11) is -3.91. The summed E-state index contributed by atoms with van der Waals surface area (Å²) in [5, 5.41) is 0. The molecule has 0 spiro atoms. The molecule has 116 valence electrons. The number of nitrogens with two attached hydrogens (primary N) is 1. The molecule has 0 aromatic heterocycles. The highest BCUT2D eigenvalue weighted by Crippen LogP contribution is 2.23. The van der Waals surface area contributed by atoms with Crippen LogP contribution in [0.15, 0.2) is 53.4 Å². The standard InChI is InChI=1S/C16H17NO4S/c1-11-6-8-15(9-7-11)22(19,20)21-14-5-3-4-13(10-14)12(2)16(17)18/h3-10,12H,1-2H3,(H2,17,18). The normalized spacial score (nSPS) is 12.6. The van der Waals surface area contributed by atoms with Crippen molar-refractivity contribution in [2.75, 3.05) is 0 Å². The van der Waals surface area contributed by atoms with Gasteiger partial charge in [-0.25, -0.2) is 0 Å². The molecule has 1 unspecified atom stereocenters. The minimum absolute atomic E-state index is 0.0754. The summed E-state index contributed by atoms with van der Waals surface area (Å²) in [5.74, 6) is -0.865. The van der Waals surface area contributed by atoms with E-state index in [2.05, 4.69) is 0 Å². The molecule has 0 saturated heterocycles. The molecular weight excluding hydrogens is 302 g/mol. The van der Waals surface area contributed by atoms with Crippen molar-refractivity contribution in [3.63, 3.8) is 0 Å². The van der Waals surface area contributed by atoms with Crippen LogP contribution in [0.5, 0.6) is 5.75 Å². The molecule has 1 atom stereocenters. The SMILES string of the molecule is Cc1ccc(S(=O)(=O)Oc2cccc(C(C)C(N)=O)c2)cc1. The number of aryl methyl sites for hydroxylation is 1. The predicted octanol–water partition coefficient (Wildman–Crippen LogP) is 2.35. The van der Waals surface area contributed by atoms with E-state index in [4.69, 9.17) is 9.92 Å². The van der Waals surface area contributed by atoms with Crippen LogP contribution >= 0.6 is 0 Å². The summed E-state index contributed by atoms with van der Waals surface area (Å²) in [5.41, 5.74) is 6.81. The van der Waals surface area contributed by atoms with Crippen LogP contribution in [-0.4, -0.2) is 14.3 Å². The molecule has 6 heteroatoms. The Morgan fingerprint density at radius 2 is 1.77 bits per heavy atom.